The van der Waals surface area contributed by atoms with Crippen LogP contribution >= 0.6 is 11.6 Å². The van der Waals surface area contributed by atoms with E-state index in [4.69, 9.17) is 11.6 Å². The van der Waals surface area contributed by atoms with Crippen LogP contribution in [0.15, 0.2) is 12.1 Å². The Bertz CT molecular complexity index is 385. The summed E-state index contributed by atoms with van der Waals surface area (Å²) in [6.07, 6.45) is 1.07. The lowest BCUT2D eigenvalue weighted by atomic mass is 10.2. The van der Waals surface area contributed by atoms with E-state index in [0.717, 1.165) is 31.6 Å². The Kier molecular flexibility index (Phi) is 6.54. The molecule has 1 unspecified atom stereocenters. The van der Waals surface area contributed by atoms with Crippen LogP contribution in [0.2, 0.25) is 5.02 Å². The maximum Gasteiger partial charge on any atom is 0.142 e. The number of rotatable bonds is 7. The first-order valence-electron chi connectivity index (χ1n) is 6.12. The molecule has 102 valence electrons. The van der Waals surface area contributed by atoms with Gasteiger partial charge in [0, 0.05) is 24.7 Å². The van der Waals surface area contributed by atoms with Gasteiger partial charge < -0.3 is 10.6 Å². The van der Waals surface area contributed by atoms with Crippen LogP contribution in [0.5, 0.6) is 0 Å². The van der Waals surface area contributed by atoms with Gasteiger partial charge in [-0.3, -0.25) is 0 Å². The Labute approximate surface area is 112 Å². The van der Waals surface area contributed by atoms with Crippen LogP contribution in [0.4, 0.5) is 8.78 Å². The molecular weight excluding hydrogens is 258 g/mol. The van der Waals surface area contributed by atoms with Gasteiger partial charge in [0.25, 0.3) is 0 Å². The van der Waals surface area contributed by atoms with E-state index >= 15 is 0 Å². The molecule has 5 heteroatoms. The maximum absolute atomic E-state index is 13.5. The van der Waals surface area contributed by atoms with Crippen molar-refractivity contribution < 1.29 is 8.78 Å². The second-order valence-corrected chi connectivity index (χ2v) is 4.75. The fourth-order valence-corrected chi connectivity index (χ4v) is 1.70. The van der Waals surface area contributed by atoms with Crippen molar-refractivity contribution >= 4 is 11.6 Å². The standard InChI is InChI=1S/C13H19ClF2N2/c1-3-4-17-7-9(2)18-8-10-5-13(16)11(14)6-12(10)15/h5-6,9,17-18H,3-4,7-8H2,1-2H3. The Morgan fingerprint density at radius 2 is 2.00 bits per heavy atom. The monoisotopic (exact) mass is 276 g/mol. The first-order chi connectivity index (χ1) is 8.54. The van der Waals surface area contributed by atoms with Crippen LogP contribution in [0.1, 0.15) is 25.8 Å². The fourth-order valence-electron chi connectivity index (χ4n) is 1.55. The van der Waals surface area contributed by atoms with Crippen LogP contribution < -0.4 is 10.6 Å². The third kappa shape index (κ3) is 4.88. The summed E-state index contributed by atoms with van der Waals surface area (Å²) in [4.78, 5) is 0. The van der Waals surface area contributed by atoms with Crippen LogP contribution in [-0.2, 0) is 6.54 Å². The highest BCUT2D eigenvalue weighted by Gasteiger charge is 2.09. The summed E-state index contributed by atoms with van der Waals surface area (Å²) in [7, 11) is 0. The van der Waals surface area contributed by atoms with Crippen molar-refractivity contribution in [1.82, 2.24) is 10.6 Å². The summed E-state index contributed by atoms with van der Waals surface area (Å²) in [5.74, 6) is -1.07. The van der Waals surface area contributed by atoms with E-state index < -0.39 is 11.6 Å². The van der Waals surface area contributed by atoms with E-state index in [2.05, 4.69) is 17.6 Å². The molecule has 0 saturated heterocycles. The highest BCUT2D eigenvalue weighted by Crippen LogP contribution is 2.19. The molecule has 1 aromatic rings. The summed E-state index contributed by atoms with van der Waals surface area (Å²) in [5, 5.41) is 6.20. The number of benzene rings is 1. The van der Waals surface area contributed by atoms with Crippen molar-refractivity contribution in [2.24, 2.45) is 0 Å². The molecule has 0 amide bonds. The van der Waals surface area contributed by atoms with E-state index in [0.29, 0.717) is 5.56 Å². The summed E-state index contributed by atoms with van der Waals surface area (Å²) in [6, 6.07) is 2.33. The number of hydrogen-bond donors (Lipinski definition) is 2. The molecule has 0 spiro atoms. The van der Waals surface area contributed by atoms with Gasteiger partial charge in [0.15, 0.2) is 0 Å². The SMILES string of the molecule is CCCNCC(C)NCc1cc(F)c(Cl)cc1F. The minimum absolute atomic E-state index is 0.186. The second-order valence-electron chi connectivity index (χ2n) is 4.34. The summed E-state index contributed by atoms with van der Waals surface area (Å²) >= 11 is 5.49. The Hall–Kier alpha value is -0.710. The lowest BCUT2D eigenvalue weighted by Gasteiger charge is -2.15. The van der Waals surface area contributed by atoms with Gasteiger partial charge in [-0.25, -0.2) is 8.78 Å². The van der Waals surface area contributed by atoms with Gasteiger partial charge in [0.2, 0.25) is 0 Å². The predicted molar refractivity (Wildman–Crippen MR) is 70.8 cm³/mol. The largest absolute Gasteiger partial charge is 0.315 e. The molecule has 0 aromatic heterocycles. The number of hydrogen-bond acceptors (Lipinski definition) is 2. The van der Waals surface area contributed by atoms with Gasteiger partial charge >= 0.3 is 0 Å². The fraction of sp³-hybridized carbons (Fsp3) is 0.538. The highest BCUT2D eigenvalue weighted by molar-refractivity contribution is 6.30. The van der Waals surface area contributed by atoms with E-state index in [-0.39, 0.29) is 17.6 Å². The molecule has 18 heavy (non-hydrogen) atoms. The normalized spacial score (nSPS) is 12.7. The number of halogens is 3. The molecule has 0 saturated carbocycles. The van der Waals surface area contributed by atoms with Crippen molar-refractivity contribution in [2.45, 2.75) is 32.9 Å². The van der Waals surface area contributed by atoms with Crippen LogP contribution in [0.3, 0.4) is 0 Å². The van der Waals surface area contributed by atoms with E-state index in [9.17, 15) is 8.78 Å². The van der Waals surface area contributed by atoms with Crippen molar-refractivity contribution in [3.63, 3.8) is 0 Å². The molecule has 1 rings (SSSR count). The zero-order valence-corrected chi connectivity index (χ0v) is 11.5. The predicted octanol–water partition coefficient (Wildman–Crippen LogP) is 3.10. The third-order valence-electron chi connectivity index (χ3n) is 2.61. The van der Waals surface area contributed by atoms with Crippen LogP contribution in [0.25, 0.3) is 0 Å². The van der Waals surface area contributed by atoms with Crippen molar-refractivity contribution in [1.29, 1.82) is 0 Å². The zero-order valence-electron chi connectivity index (χ0n) is 10.7. The molecule has 2 N–H and O–H groups in total. The Morgan fingerprint density at radius 1 is 1.28 bits per heavy atom. The minimum atomic E-state index is -0.591. The third-order valence-corrected chi connectivity index (χ3v) is 2.90. The van der Waals surface area contributed by atoms with E-state index in [1.165, 1.54) is 0 Å². The first kappa shape index (κ1) is 15.3. The summed E-state index contributed by atoms with van der Waals surface area (Å²) < 4.78 is 26.7. The molecular formula is C13H19ClF2N2. The van der Waals surface area contributed by atoms with Gasteiger partial charge in [0.05, 0.1) is 5.02 Å². The van der Waals surface area contributed by atoms with Crippen molar-refractivity contribution in [3.8, 4) is 0 Å². The average Bonchev–Trinajstić information content (AvgIpc) is 2.32. The molecule has 1 aromatic carbocycles. The molecule has 2 nitrogen and oxygen atoms in total. The average molecular weight is 277 g/mol. The minimum Gasteiger partial charge on any atom is -0.315 e. The van der Waals surface area contributed by atoms with Gasteiger partial charge in [0.1, 0.15) is 11.6 Å². The molecule has 0 aliphatic rings. The van der Waals surface area contributed by atoms with Gasteiger partial charge in [-0.15, -0.1) is 0 Å². The molecule has 0 bridgehead atoms. The first-order valence-corrected chi connectivity index (χ1v) is 6.50. The van der Waals surface area contributed by atoms with Gasteiger partial charge in [-0.2, -0.15) is 0 Å². The van der Waals surface area contributed by atoms with Gasteiger partial charge in [-0.05, 0) is 32.0 Å². The highest BCUT2D eigenvalue weighted by atomic mass is 35.5. The maximum atomic E-state index is 13.5. The topological polar surface area (TPSA) is 24.1 Å². The molecule has 1 atom stereocenters. The lowest BCUT2D eigenvalue weighted by molar-refractivity contribution is 0.489. The summed E-state index contributed by atoms with van der Waals surface area (Å²) in [6.45, 7) is 6.13. The van der Waals surface area contributed by atoms with Gasteiger partial charge in [-0.1, -0.05) is 18.5 Å². The zero-order chi connectivity index (χ0) is 13.5. The summed E-state index contributed by atoms with van der Waals surface area (Å²) in [5.41, 5.74) is 0.291. The second kappa shape index (κ2) is 7.67. The number of nitrogens with one attached hydrogen (secondary N) is 2. The van der Waals surface area contributed by atoms with Crippen molar-refractivity contribution in [2.75, 3.05) is 13.1 Å². The van der Waals surface area contributed by atoms with E-state index in [1.54, 1.807) is 0 Å². The van der Waals surface area contributed by atoms with Crippen molar-refractivity contribution in [3.05, 3.63) is 34.4 Å². The molecule has 0 fully saturated rings. The molecule has 0 radical (unpaired) electrons. The molecule has 0 heterocycles. The molecule has 0 aliphatic carbocycles. The smallest absolute Gasteiger partial charge is 0.142 e. The van der Waals surface area contributed by atoms with Crippen LogP contribution in [0, 0.1) is 11.6 Å². The van der Waals surface area contributed by atoms with Crippen LogP contribution in [-0.4, -0.2) is 19.1 Å². The van der Waals surface area contributed by atoms with E-state index in [1.807, 2.05) is 6.92 Å². The Balaban J connectivity index is 2.45. The Morgan fingerprint density at radius 3 is 2.67 bits per heavy atom. The lowest BCUT2D eigenvalue weighted by Crippen LogP contribution is -2.36. The quantitative estimate of drug-likeness (QED) is 0.591. The molecule has 0 aliphatic heterocycles.